The largest absolute Gasteiger partial charge is 0.301 e. The summed E-state index contributed by atoms with van der Waals surface area (Å²) in [5.74, 6) is 0. The number of aromatic amines is 1. The van der Waals surface area contributed by atoms with Crippen molar-refractivity contribution in [1.82, 2.24) is 15.3 Å². The number of aromatic nitrogens is 2. The molecule has 0 aromatic carbocycles. The summed E-state index contributed by atoms with van der Waals surface area (Å²) >= 11 is 1.59. The van der Waals surface area contributed by atoms with E-state index in [9.17, 15) is 10.1 Å². The topological polar surface area (TPSA) is 81.6 Å². The van der Waals surface area contributed by atoms with Crippen molar-refractivity contribution in [1.29, 1.82) is 5.26 Å². The average molecular weight is 306 g/mol. The number of nitrogens with zero attached hydrogens (tertiary/aromatic N) is 2. The molecule has 0 spiro atoms. The highest BCUT2D eigenvalue weighted by Gasteiger charge is 2.39. The van der Waals surface area contributed by atoms with Crippen LogP contribution in [0.25, 0.3) is 0 Å². The van der Waals surface area contributed by atoms with Crippen LogP contribution in [-0.2, 0) is 6.42 Å². The summed E-state index contributed by atoms with van der Waals surface area (Å²) in [6.07, 6.45) is 4.41. The summed E-state index contributed by atoms with van der Waals surface area (Å²) in [7, 11) is 0. The first-order valence-corrected chi connectivity index (χ1v) is 8.42. The van der Waals surface area contributed by atoms with Crippen molar-refractivity contribution < 1.29 is 0 Å². The molecule has 1 aromatic heterocycles. The second-order valence-corrected chi connectivity index (χ2v) is 6.79. The number of nitriles is 1. The van der Waals surface area contributed by atoms with E-state index in [2.05, 4.69) is 28.3 Å². The highest BCUT2D eigenvalue weighted by Crippen LogP contribution is 2.38. The van der Waals surface area contributed by atoms with Gasteiger partial charge in [-0.15, -0.1) is 0 Å². The van der Waals surface area contributed by atoms with Crippen LogP contribution in [-0.4, -0.2) is 27.3 Å². The normalized spacial score (nSPS) is 24.9. The van der Waals surface area contributed by atoms with Gasteiger partial charge in [-0.1, -0.05) is 32.0 Å². The van der Waals surface area contributed by atoms with Crippen LogP contribution in [0.1, 0.15) is 45.2 Å². The first kappa shape index (κ1) is 16.1. The Hall–Kier alpha value is -1.32. The van der Waals surface area contributed by atoms with Gasteiger partial charge in [-0.05, 0) is 32.2 Å². The Balaban J connectivity index is 2.06. The summed E-state index contributed by atoms with van der Waals surface area (Å²) in [5, 5.41) is 13.7. The van der Waals surface area contributed by atoms with Crippen molar-refractivity contribution >= 4 is 11.8 Å². The molecule has 1 aliphatic rings. The van der Waals surface area contributed by atoms with E-state index in [0.717, 1.165) is 44.3 Å². The molecule has 0 amide bonds. The van der Waals surface area contributed by atoms with Gasteiger partial charge >= 0.3 is 0 Å². The van der Waals surface area contributed by atoms with Gasteiger partial charge < -0.3 is 4.98 Å². The maximum absolute atomic E-state index is 11.7. The van der Waals surface area contributed by atoms with Gasteiger partial charge in [-0.3, -0.25) is 10.1 Å². The van der Waals surface area contributed by atoms with Crippen LogP contribution in [0.15, 0.2) is 16.0 Å². The van der Waals surface area contributed by atoms with Gasteiger partial charge in [0.05, 0.1) is 6.07 Å². The number of nitrogens with one attached hydrogen (secondary N) is 2. The Morgan fingerprint density at radius 3 is 3.10 bits per heavy atom. The SMILES string of the molecule is CCCc1cc(=O)[nH]c(SC2CCC(C#N)(NCC)C2)n1. The van der Waals surface area contributed by atoms with Crippen LogP contribution in [0.4, 0.5) is 0 Å². The van der Waals surface area contributed by atoms with Crippen molar-refractivity contribution in [3.8, 4) is 6.07 Å². The molecule has 0 saturated heterocycles. The van der Waals surface area contributed by atoms with E-state index < -0.39 is 5.54 Å². The maximum atomic E-state index is 11.7. The molecule has 1 aromatic rings. The van der Waals surface area contributed by atoms with Gasteiger partial charge in [0.1, 0.15) is 5.54 Å². The number of hydrogen-bond donors (Lipinski definition) is 2. The minimum Gasteiger partial charge on any atom is -0.301 e. The minimum absolute atomic E-state index is 0.0906. The van der Waals surface area contributed by atoms with Crippen LogP contribution >= 0.6 is 11.8 Å². The molecule has 0 bridgehead atoms. The lowest BCUT2D eigenvalue weighted by atomic mass is 10.0. The second kappa shape index (κ2) is 7.10. The molecule has 0 radical (unpaired) electrons. The first-order valence-electron chi connectivity index (χ1n) is 7.54. The molecular weight excluding hydrogens is 284 g/mol. The van der Waals surface area contributed by atoms with Gasteiger partial charge in [0, 0.05) is 17.0 Å². The molecule has 2 rings (SSSR count). The molecule has 1 fully saturated rings. The zero-order valence-electron chi connectivity index (χ0n) is 12.6. The van der Waals surface area contributed by atoms with Crippen molar-refractivity contribution in [3.05, 3.63) is 22.1 Å². The van der Waals surface area contributed by atoms with Gasteiger partial charge in [0.15, 0.2) is 5.16 Å². The van der Waals surface area contributed by atoms with E-state index in [4.69, 9.17) is 0 Å². The smallest absolute Gasteiger partial charge is 0.251 e. The van der Waals surface area contributed by atoms with E-state index in [-0.39, 0.29) is 5.56 Å². The molecule has 0 aliphatic heterocycles. The van der Waals surface area contributed by atoms with Gasteiger partial charge in [-0.2, -0.15) is 5.26 Å². The van der Waals surface area contributed by atoms with Crippen LogP contribution in [0.2, 0.25) is 0 Å². The van der Waals surface area contributed by atoms with Gasteiger partial charge in [-0.25, -0.2) is 4.98 Å². The van der Waals surface area contributed by atoms with E-state index in [1.54, 1.807) is 17.8 Å². The summed E-state index contributed by atoms with van der Waals surface area (Å²) < 4.78 is 0. The third-order valence-corrected chi connectivity index (χ3v) is 4.91. The fraction of sp³-hybridized carbons (Fsp3) is 0.667. The standard InChI is InChI=1S/C15H22N4OS/c1-3-5-11-8-13(20)19-14(18-11)21-12-6-7-15(9-12,10-16)17-4-2/h8,12,17H,3-7,9H2,1-2H3,(H,18,19,20). The second-order valence-electron chi connectivity index (χ2n) is 5.50. The van der Waals surface area contributed by atoms with Crippen LogP contribution in [0.5, 0.6) is 0 Å². The van der Waals surface area contributed by atoms with E-state index in [1.807, 2.05) is 6.92 Å². The molecule has 1 heterocycles. The quantitative estimate of drug-likeness (QED) is 0.788. The number of aryl methyl sites for hydroxylation is 1. The van der Waals surface area contributed by atoms with Crippen molar-refractivity contribution in [3.63, 3.8) is 0 Å². The predicted molar refractivity (Wildman–Crippen MR) is 84.4 cm³/mol. The number of H-pyrrole nitrogens is 1. The first-order chi connectivity index (χ1) is 10.1. The molecule has 21 heavy (non-hydrogen) atoms. The Morgan fingerprint density at radius 2 is 2.43 bits per heavy atom. The predicted octanol–water partition coefficient (Wildman–Crippen LogP) is 2.24. The highest BCUT2D eigenvalue weighted by molar-refractivity contribution is 7.99. The van der Waals surface area contributed by atoms with Gasteiger partial charge in [0.2, 0.25) is 0 Å². The molecule has 114 valence electrons. The number of rotatable bonds is 6. The molecule has 2 N–H and O–H groups in total. The Bertz CT molecular complexity index is 580. The van der Waals surface area contributed by atoms with Crippen LogP contribution < -0.4 is 10.9 Å². The number of hydrogen-bond acceptors (Lipinski definition) is 5. The lowest BCUT2D eigenvalue weighted by Gasteiger charge is -2.21. The van der Waals surface area contributed by atoms with Crippen molar-refractivity contribution in [2.24, 2.45) is 0 Å². The number of thioether (sulfide) groups is 1. The summed E-state index contributed by atoms with van der Waals surface area (Å²) in [6.45, 7) is 4.89. The van der Waals surface area contributed by atoms with E-state index in [0.29, 0.717) is 10.4 Å². The Labute approximate surface area is 129 Å². The zero-order chi connectivity index (χ0) is 15.3. The lowest BCUT2D eigenvalue weighted by Crippen LogP contribution is -2.41. The van der Waals surface area contributed by atoms with Crippen LogP contribution in [0.3, 0.4) is 0 Å². The van der Waals surface area contributed by atoms with Crippen LogP contribution in [0, 0.1) is 11.3 Å². The molecule has 2 unspecified atom stereocenters. The molecule has 5 nitrogen and oxygen atoms in total. The van der Waals surface area contributed by atoms with Gasteiger partial charge in [0.25, 0.3) is 5.56 Å². The molecule has 1 aliphatic carbocycles. The lowest BCUT2D eigenvalue weighted by molar-refractivity contribution is 0.436. The van der Waals surface area contributed by atoms with E-state index >= 15 is 0 Å². The molecule has 2 atom stereocenters. The fourth-order valence-corrected chi connectivity index (χ4v) is 4.07. The Morgan fingerprint density at radius 1 is 1.62 bits per heavy atom. The van der Waals surface area contributed by atoms with Crippen molar-refractivity contribution in [2.75, 3.05) is 6.54 Å². The third kappa shape index (κ3) is 4.08. The average Bonchev–Trinajstić information content (AvgIpc) is 2.82. The molecular formula is C15H22N4OS. The van der Waals surface area contributed by atoms with Crippen molar-refractivity contribution in [2.45, 2.75) is 61.9 Å². The molecule has 1 saturated carbocycles. The fourth-order valence-electron chi connectivity index (χ4n) is 2.82. The summed E-state index contributed by atoms with van der Waals surface area (Å²) in [4.78, 5) is 19.0. The monoisotopic (exact) mass is 306 g/mol. The third-order valence-electron chi connectivity index (χ3n) is 3.76. The summed E-state index contributed by atoms with van der Waals surface area (Å²) in [5.41, 5.74) is 0.348. The highest BCUT2D eigenvalue weighted by atomic mass is 32.2. The molecule has 6 heteroatoms. The minimum atomic E-state index is -0.409. The summed E-state index contributed by atoms with van der Waals surface area (Å²) in [6, 6.07) is 3.99. The Kier molecular flexibility index (Phi) is 5.43. The zero-order valence-corrected chi connectivity index (χ0v) is 13.4. The maximum Gasteiger partial charge on any atom is 0.251 e. The van der Waals surface area contributed by atoms with E-state index in [1.165, 1.54) is 0 Å².